The van der Waals surface area contributed by atoms with Crippen LogP contribution in [0.5, 0.6) is 0 Å². The monoisotopic (exact) mass is 230 g/mol. The van der Waals surface area contributed by atoms with Gasteiger partial charge in [-0.3, -0.25) is 9.69 Å². The molecule has 0 saturated carbocycles. The number of benzene rings is 1. The Hall–Kier alpha value is -1.77. The topological polar surface area (TPSA) is 23.6 Å². The van der Waals surface area contributed by atoms with Crippen LogP contribution in [0.25, 0.3) is 0 Å². The van der Waals surface area contributed by atoms with E-state index >= 15 is 0 Å². The molecule has 90 valence electrons. The Morgan fingerprint density at radius 3 is 2.59 bits per heavy atom. The number of hydrogen-bond donors (Lipinski definition) is 0. The first-order chi connectivity index (χ1) is 8.16. The predicted molar refractivity (Wildman–Crippen MR) is 68.2 cm³/mol. The third-order valence-corrected chi connectivity index (χ3v) is 2.67. The maximum atomic E-state index is 12.1. The standard InChI is InChI=1S/C14H18N2O/c1-12(2)10-15-8-9-16(11-15)14(17)13-6-4-3-5-7-13/h3-9,12H,10-11H2,1-2H3. The van der Waals surface area contributed by atoms with Crippen LogP contribution in [0.15, 0.2) is 42.7 Å². The van der Waals surface area contributed by atoms with Crippen molar-refractivity contribution in [2.45, 2.75) is 13.8 Å². The first kappa shape index (κ1) is 11.7. The summed E-state index contributed by atoms with van der Waals surface area (Å²) in [6.07, 6.45) is 3.85. The van der Waals surface area contributed by atoms with Gasteiger partial charge in [-0.15, -0.1) is 0 Å². The summed E-state index contributed by atoms with van der Waals surface area (Å²) in [5, 5.41) is 0. The Balaban J connectivity index is 1.98. The zero-order valence-corrected chi connectivity index (χ0v) is 10.3. The molecule has 1 aliphatic heterocycles. The Bertz CT molecular complexity index is 411. The average Bonchev–Trinajstić information content (AvgIpc) is 2.77. The fourth-order valence-corrected chi connectivity index (χ4v) is 1.93. The van der Waals surface area contributed by atoms with Crippen LogP contribution in [0.4, 0.5) is 0 Å². The van der Waals surface area contributed by atoms with E-state index < -0.39 is 0 Å². The van der Waals surface area contributed by atoms with Gasteiger partial charge in [-0.25, -0.2) is 0 Å². The van der Waals surface area contributed by atoms with Crippen LogP contribution in [-0.2, 0) is 0 Å². The predicted octanol–water partition coefficient (Wildman–Crippen LogP) is 2.53. The van der Waals surface area contributed by atoms with Gasteiger partial charge in [0.05, 0.1) is 6.67 Å². The van der Waals surface area contributed by atoms with E-state index in [-0.39, 0.29) is 5.91 Å². The zero-order valence-electron chi connectivity index (χ0n) is 10.3. The Labute approximate surface area is 102 Å². The van der Waals surface area contributed by atoms with Crippen LogP contribution in [0, 0.1) is 5.92 Å². The second kappa shape index (κ2) is 5.04. The van der Waals surface area contributed by atoms with Crippen molar-refractivity contribution < 1.29 is 4.79 Å². The lowest BCUT2D eigenvalue weighted by atomic mass is 10.2. The molecule has 1 aliphatic rings. The molecule has 0 saturated heterocycles. The molecular weight excluding hydrogens is 212 g/mol. The molecule has 0 fully saturated rings. The van der Waals surface area contributed by atoms with E-state index in [0.717, 1.165) is 12.1 Å². The third-order valence-electron chi connectivity index (χ3n) is 2.67. The summed E-state index contributed by atoms with van der Waals surface area (Å²) >= 11 is 0. The molecule has 0 aliphatic carbocycles. The van der Waals surface area contributed by atoms with Crippen molar-refractivity contribution in [3.05, 3.63) is 48.3 Å². The minimum atomic E-state index is 0.0631. The summed E-state index contributed by atoms with van der Waals surface area (Å²) in [5.41, 5.74) is 0.739. The number of amides is 1. The summed E-state index contributed by atoms with van der Waals surface area (Å²) in [4.78, 5) is 16.0. The molecule has 0 unspecified atom stereocenters. The molecule has 3 nitrogen and oxygen atoms in total. The van der Waals surface area contributed by atoms with Crippen molar-refractivity contribution in [2.24, 2.45) is 5.92 Å². The summed E-state index contributed by atoms with van der Waals surface area (Å²) in [6, 6.07) is 9.39. The van der Waals surface area contributed by atoms with Crippen molar-refractivity contribution in [3.63, 3.8) is 0 Å². The normalized spacial score (nSPS) is 14.8. The van der Waals surface area contributed by atoms with Gasteiger partial charge >= 0.3 is 0 Å². The van der Waals surface area contributed by atoms with Crippen molar-refractivity contribution in [1.29, 1.82) is 0 Å². The van der Waals surface area contributed by atoms with Crippen LogP contribution in [0.3, 0.4) is 0 Å². The third kappa shape index (κ3) is 2.87. The SMILES string of the molecule is CC(C)CN1C=CN(C(=O)c2ccccc2)C1. The molecule has 1 amide bonds. The van der Waals surface area contributed by atoms with Gasteiger partial charge in [-0.05, 0) is 18.1 Å². The fraction of sp³-hybridized carbons (Fsp3) is 0.357. The van der Waals surface area contributed by atoms with E-state index in [1.54, 1.807) is 4.90 Å². The Morgan fingerprint density at radius 1 is 1.24 bits per heavy atom. The molecule has 1 aromatic rings. The highest BCUT2D eigenvalue weighted by Gasteiger charge is 2.19. The molecule has 3 heteroatoms. The number of carbonyl (C=O) groups excluding carboxylic acids is 1. The van der Waals surface area contributed by atoms with Crippen molar-refractivity contribution in [3.8, 4) is 0 Å². The van der Waals surface area contributed by atoms with Gasteiger partial charge in [-0.2, -0.15) is 0 Å². The van der Waals surface area contributed by atoms with Crippen molar-refractivity contribution in [1.82, 2.24) is 9.80 Å². The lowest BCUT2D eigenvalue weighted by Gasteiger charge is -2.21. The summed E-state index contributed by atoms with van der Waals surface area (Å²) in [6.45, 7) is 5.99. The first-order valence-corrected chi connectivity index (χ1v) is 5.95. The van der Waals surface area contributed by atoms with E-state index in [2.05, 4.69) is 18.7 Å². The molecule has 0 spiro atoms. The molecule has 1 heterocycles. The highest BCUT2D eigenvalue weighted by atomic mass is 16.2. The van der Waals surface area contributed by atoms with E-state index in [1.807, 2.05) is 42.7 Å². The van der Waals surface area contributed by atoms with Gasteiger partial charge in [-0.1, -0.05) is 32.0 Å². The van der Waals surface area contributed by atoms with Gasteiger partial charge in [0.15, 0.2) is 0 Å². The molecule has 0 N–H and O–H groups in total. The number of hydrogen-bond acceptors (Lipinski definition) is 2. The van der Waals surface area contributed by atoms with Gasteiger partial charge in [0.1, 0.15) is 0 Å². The lowest BCUT2D eigenvalue weighted by Crippen LogP contribution is -2.32. The summed E-state index contributed by atoms with van der Waals surface area (Å²) in [7, 11) is 0. The van der Waals surface area contributed by atoms with Crippen LogP contribution in [0.1, 0.15) is 24.2 Å². The van der Waals surface area contributed by atoms with Gasteiger partial charge in [0.2, 0.25) is 0 Å². The van der Waals surface area contributed by atoms with Crippen LogP contribution in [-0.4, -0.2) is 28.9 Å². The molecule has 0 atom stereocenters. The number of nitrogens with zero attached hydrogens (tertiary/aromatic N) is 2. The van der Waals surface area contributed by atoms with Crippen molar-refractivity contribution in [2.75, 3.05) is 13.2 Å². The molecule has 0 radical (unpaired) electrons. The maximum absolute atomic E-state index is 12.1. The molecule has 0 aromatic heterocycles. The fourth-order valence-electron chi connectivity index (χ4n) is 1.93. The number of carbonyl (C=O) groups is 1. The van der Waals surface area contributed by atoms with E-state index in [1.165, 1.54) is 0 Å². The Kier molecular flexibility index (Phi) is 3.47. The average molecular weight is 230 g/mol. The van der Waals surface area contributed by atoms with Crippen LogP contribution in [0.2, 0.25) is 0 Å². The lowest BCUT2D eigenvalue weighted by molar-refractivity contribution is 0.0791. The smallest absolute Gasteiger partial charge is 0.259 e. The second-order valence-corrected chi connectivity index (χ2v) is 4.75. The van der Waals surface area contributed by atoms with E-state index in [0.29, 0.717) is 12.6 Å². The maximum Gasteiger partial charge on any atom is 0.259 e. The largest absolute Gasteiger partial charge is 0.358 e. The van der Waals surface area contributed by atoms with Gasteiger partial charge in [0, 0.05) is 24.5 Å². The highest BCUT2D eigenvalue weighted by Crippen LogP contribution is 2.13. The zero-order chi connectivity index (χ0) is 12.3. The minimum Gasteiger partial charge on any atom is -0.358 e. The Morgan fingerprint density at radius 2 is 1.94 bits per heavy atom. The molecule has 17 heavy (non-hydrogen) atoms. The van der Waals surface area contributed by atoms with Crippen molar-refractivity contribution >= 4 is 5.91 Å². The molecule has 2 rings (SSSR count). The van der Waals surface area contributed by atoms with Crippen LogP contribution >= 0.6 is 0 Å². The molecule has 1 aromatic carbocycles. The van der Waals surface area contributed by atoms with E-state index in [4.69, 9.17) is 0 Å². The second-order valence-electron chi connectivity index (χ2n) is 4.75. The summed E-state index contributed by atoms with van der Waals surface area (Å²) < 4.78 is 0. The molecular formula is C14H18N2O. The van der Waals surface area contributed by atoms with Crippen LogP contribution < -0.4 is 0 Å². The highest BCUT2D eigenvalue weighted by molar-refractivity contribution is 5.94. The first-order valence-electron chi connectivity index (χ1n) is 5.95. The minimum absolute atomic E-state index is 0.0631. The number of rotatable bonds is 3. The summed E-state index contributed by atoms with van der Waals surface area (Å²) in [5.74, 6) is 0.666. The van der Waals surface area contributed by atoms with Gasteiger partial charge in [0.25, 0.3) is 5.91 Å². The van der Waals surface area contributed by atoms with E-state index in [9.17, 15) is 4.79 Å². The quantitative estimate of drug-likeness (QED) is 0.796. The molecule has 0 bridgehead atoms. The van der Waals surface area contributed by atoms with Gasteiger partial charge < -0.3 is 4.90 Å².